The molecule has 1 saturated carbocycles. The Hall–Kier alpha value is -0.710. The fourth-order valence-corrected chi connectivity index (χ4v) is 1.79. The Labute approximate surface area is 89.1 Å². The highest BCUT2D eigenvalue weighted by molar-refractivity contribution is 5.79. The summed E-state index contributed by atoms with van der Waals surface area (Å²) in [5, 5.41) is 0. The molecule has 1 spiro atoms. The van der Waals surface area contributed by atoms with Crippen LogP contribution >= 0.6 is 0 Å². The molecule has 1 saturated heterocycles. The van der Waals surface area contributed by atoms with Crippen molar-refractivity contribution in [2.45, 2.75) is 44.5 Å². The minimum Gasteiger partial charge on any atom is -0.344 e. The van der Waals surface area contributed by atoms with Gasteiger partial charge in [-0.2, -0.15) is 0 Å². The maximum atomic E-state index is 11.1. The fraction of sp³-hybridized carbons (Fsp3) is 0.727. The fourth-order valence-electron chi connectivity index (χ4n) is 1.79. The van der Waals surface area contributed by atoms with Gasteiger partial charge in [-0.05, 0) is 12.5 Å². The van der Waals surface area contributed by atoms with Crippen LogP contribution in [0.5, 0.6) is 0 Å². The zero-order chi connectivity index (χ0) is 10.9. The number of hydrogen-bond donors (Lipinski definition) is 0. The van der Waals surface area contributed by atoms with E-state index < -0.39 is 5.79 Å². The van der Waals surface area contributed by atoms with Crippen molar-refractivity contribution in [2.75, 3.05) is 6.61 Å². The minimum atomic E-state index is -0.681. The molecule has 2 aliphatic rings. The molecule has 15 heavy (non-hydrogen) atoms. The van der Waals surface area contributed by atoms with Crippen LogP contribution in [-0.2, 0) is 19.3 Å². The Morgan fingerprint density at radius 3 is 2.60 bits per heavy atom. The standard InChI is InChI=1S/C11H16O4/c1-8(2)10-7-13-11(15-14-10)5-3-9(12)4-6-11/h10H,1,3-7H2,2H3. The molecule has 0 bridgehead atoms. The lowest BCUT2D eigenvalue weighted by atomic mass is 9.93. The van der Waals surface area contributed by atoms with Crippen LogP contribution in [0.3, 0.4) is 0 Å². The first kappa shape index (κ1) is 10.8. The summed E-state index contributed by atoms with van der Waals surface area (Å²) in [5.41, 5.74) is 0.886. The second-order valence-electron chi connectivity index (χ2n) is 4.27. The van der Waals surface area contributed by atoms with Gasteiger partial charge < -0.3 is 4.74 Å². The van der Waals surface area contributed by atoms with E-state index in [0.29, 0.717) is 32.3 Å². The molecule has 0 amide bonds. The lowest BCUT2D eigenvalue weighted by molar-refractivity contribution is -0.484. The smallest absolute Gasteiger partial charge is 0.202 e. The summed E-state index contributed by atoms with van der Waals surface area (Å²) < 4.78 is 5.67. The van der Waals surface area contributed by atoms with Gasteiger partial charge in [0.05, 0.1) is 6.61 Å². The first-order chi connectivity index (χ1) is 7.11. The number of carbonyl (C=O) groups excluding carboxylic acids is 1. The first-order valence-electron chi connectivity index (χ1n) is 5.27. The average molecular weight is 212 g/mol. The van der Waals surface area contributed by atoms with Gasteiger partial charge in [0, 0.05) is 25.7 Å². The summed E-state index contributed by atoms with van der Waals surface area (Å²) >= 11 is 0. The van der Waals surface area contributed by atoms with Crippen LogP contribution in [-0.4, -0.2) is 24.3 Å². The number of ether oxygens (including phenoxy) is 1. The van der Waals surface area contributed by atoms with Crippen LogP contribution in [0, 0.1) is 0 Å². The second-order valence-corrected chi connectivity index (χ2v) is 4.27. The van der Waals surface area contributed by atoms with Crippen LogP contribution < -0.4 is 0 Å². The highest BCUT2D eigenvalue weighted by Gasteiger charge is 2.42. The molecule has 1 atom stereocenters. The summed E-state index contributed by atoms with van der Waals surface area (Å²) in [6.07, 6.45) is 2.03. The lowest BCUT2D eigenvalue weighted by Crippen LogP contribution is -2.47. The number of hydrogen-bond acceptors (Lipinski definition) is 4. The summed E-state index contributed by atoms with van der Waals surface area (Å²) in [4.78, 5) is 21.6. The zero-order valence-corrected chi connectivity index (χ0v) is 8.95. The van der Waals surface area contributed by atoms with E-state index in [0.717, 1.165) is 5.57 Å². The van der Waals surface area contributed by atoms with Crippen molar-refractivity contribution >= 4 is 5.78 Å². The normalized spacial score (nSPS) is 30.5. The van der Waals surface area contributed by atoms with E-state index in [-0.39, 0.29) is 11.9 Å². The molecule has 0 aromatic carbocycles. The van der Waals surface area contributed by atoms with Crippen molar-refractivity contribution in [3.63, 3.8) is 0 Å². The second kappa shape index (κ2) is 4.04. The van der Waals surface area contributed by atoms with E-state index in [2.05, 4.69) is 6.58 Å². The van der Waals surface area contributed by atoms with Gasteiger partial charge in [0.2, 0.25) is 5.79 Å². The molecule has 84 valence electrons. The van der Waals surface area contributed by atoms with Gasteiger partial charge in [0.1, 0.15) is 11.9 Å². The molecule has 4 heteroatoms. The lowest BCUT2D eigenvalue weighted by Gasteiger charge is -2.40. The van der Waals surface area contributed by atoms with Crippen molar-refractivity contribution in [1.82, 2.24) is 0 Å². The van der Waals surface area contributed by atoms with E-state index in [9.17, 15) is 4.79 Å². The van der Waals surface area contributed by atoms with Crippen molar-refractivity contribution in [1.29, 1.82) is 0 Å². The van der Waals surface area contributed by atoms with E-state index in [4.69, 9.17) is 14.5 Å². The molecule has 1 heterocycles. The zero-order valence-electron chi connectivity index (χ0n) is 8.95. The Morgan fingerprint density at radius 1 is 1.47 bits per heavy atom. The molecule has 2 rings (SSSR count). The molecule has 0 radical (unpaired) electrons. The summed E-state index contributed by atoms with van der Waals surface area (Å²) in [5.74, 6) is -0.408. The molecule has 1 aliphatic carbocycles. The molecule has 0 N–H and O–H groups in total. The highest BCUT2D eigenvalue weighted by atomic mass is 17.2. The minimum absolute atomic E-state index is 0.187. The van der Waals surface area contributed by atoms with Gasteiger partial charge in [-0.3, -0.25) is 4.79 Å². The summed E-state index contributed by atoms with van der Waals surface area (Å²) in [7, 11) is 0. The predicted molar refractivity (Wildman–Crippen MR) is 52.9 cm³/mol. The maximum Gasteiger partial charge on any atom is 0.202 e. The van der Waals surface area contributed by atoms with Gasteiger partial charge in [-0.15, -0.1) is 0 Å². The van der Waals surface area contributed by atoms with Crippen molar-refractivity contribution in [3.8, 4) is 0 Å². The first-order valence-corrected chi connectivity index (χ1v) is 5.27. The molecule has 0 aromatic heterocycles. The van der Waals surface area contributed by atoms with Gasteiger partial charge in [-0.25, -0.2) is 9.78 Å². The number of carbonyl (C=O) groups is 1. The Bertz CT molecular complexity index is 264. The van der Waals surface area contributed by atoms with Crippen LogP contribution in [0.2, 0.25) is 0 Å². The predicted octanol–water partition coefficient (Wildman–Crippen LogP) is 1.75. The Morgan fingerprint density at radius 2 is 2.13 bits per heavy atom. The Balaban J connectivity index is 1.92. The highest BCUT2D eigenvalue weighted by Crippen LogP contribution is 2.35. The third kappa shape index (κ3) is 2.27. The van der Waals surface area contributed by atoms with Crippen LogP contribution in [0.25, 0.3) is 0 Å². The van der Waals surface area contributed by atoms with E-state index in [1.54, 1.807) is 0 Å². The van der Waals surface area contributed by atoms with Crippen LogP contribution in [0.4, 0.5) is 0 Å². The van der Waals surface area contributed by atoms with Crippen LogP contribution in [0.1, 0.15) is 32.6 Å². The van der Waals surface area contributed by atoms with Gasteiger partial charge in [-0.1, -0.05) is 6.58 Å². The topological polar surface area (TPSA) is 44.8 Å². The number of rotatable bonds is 1. The molecule has 0 aromatic rings. The molecule has 2 fully saturated rings. The van der Waals surface area contributed by atoms with E-state index in [1.807, 2.05) is 6.92 Å². The van der Waals surface area contributed by atoms with Crippen molar-refractivity contribution < 1.29 is 19.3 Å². The summed E-state index contributed by atoms with van der Waals surface area (Å²) in [6, 6.07) is 0. The third-order valence-electron chi connectivity index (χ3n) is 2.93. The maximum absolute atomic E-state index is 11.1. The van der Waals surface area contributed by atoms with Gasteiger partial charge in [0.15, 0.2) is 0 Å². The van der Waals surface area contributed by atoms with Crippen molar-refractivity contribution in [3.05, 3.63) is 12.2 Å². The van der Waals surface area contributed by atoms with E-state index >= 15 is 0 Å². The van der Waals surface area contributed by atoms with Crippen molar-refractivity contribution in [2.24, 2.45) is 0 Å². The van der Waals surface area contributed by atoms with Gasteiger partial charge >= 0.3 is 0 Å². The molecule has 1 aliphatic heterocycles. The Kier molecular flexibility index (Phi) is 2.91. The van der Waals surface area contributed by atoms with Gasteiger partial charge in [0.25, 0.3) is 0 Å². The quantitative estimate of drug-likeness (QED) is 0.490. The molecule has 1 unspecified atom stereocenters. The number of ketones is 1. The van der Waals surface area contributed by atoms with Crippen LogP contribution in [0.15, 0.2) is 12.2 Å². The molecular weight excluding hydrogens is 196 g/mol. The third-order valence-corrected chi connectivity index (χ3v) is 2.93. The molecular formula is C11H16O4. The average Bonchev–Trinajstić information content (AvgIpc) is 2.24. The number of Topliss-reactive ketones (excluding diaryl/α,β-unsaturated/α-hetero) is 1. The van der Waals surface area contributed by atoms with E-state index in [1.165, 1.54) is 0 Å². The SMILES string of the molecule is C=C(C)C1COC2(CCC(=O)CC2)OO1. The largest absolute Gasteiger partial charge is 0.344 e. The molecule has 4 nitrogen and oxygen atoms in total. The summed E-state index contributed by atoms with van der Waals surface area (Å²) in [6.45, 7) is 6.12. The monoisotopic (exact) mass is 212 g/mol.